The van der Waals surface area contributed by atoms with Crippen molar-refractivity contribution in [1.29, 1.82) is 0 Å². The van der Waals surface area contributed by atoms with Crippen LogP contribution in [0.25, 0.3) is 5.69 Å². The molecule has 1 heterocycles. The van der Waals surface area contributed by atoms with Gasteiger partial charge < -0.3 is 5.73 Å². The van der Waals surface area contributed by atoms with Crippen LogP contribution in [0.15, 0.2) is 29.1 Å². The van der Waals surface area contributed by atoms with Gasteiger partial charge >= 0.3 is 5.69 Å². The van der Waals surface area contributed by atoms with Crippen LogP contribution < -0.4 is 11.4 Å². The van der Waals surface area contributed by atoms with Crippen LogP contribution in [-0.4, -0.2) is 14.8 Å². The van der Waals surface area contributed by atoms with E-state index in [2.05, 4.69) is 10.2 Å². The van der Waals surface area contributed by atoms with Crippen LogP contribution in [0.5, 0.6) is 0 Å². The smallest absolute Gasteiger partial charge is 0.324 e. The summed E-state index contributed by atoms with van der Waals surface area (Å²) in [5, 5.41) is 5.98. The van der Waals surface area contributed by atoms with E-state index in [4.69, 9.17) is 5.73 Å². The lowest BCUT2D eigenvalue weighted by molar-refractivity contribution is 0.626. The molecule has 2 rings (SSSR count). The molecule has 0 aliphatic rings. The molecule has 0 radical (unpaired) electrons. The molecule has 0 saturated carbocycles. The normalized spacial score (nSPS) is 10.5. The van der Waals surface area contributed by atoms with Crippen LogP contribution in [0.3, 0.4) is 0 Å². The van der Waals surface area contributed by atoms with Crippen molar-refractivity contribution in [3.8, 4) is 5.69 Å². The molecule has 0 fully saturated rings. The van der Waals surface area contributed by atoms with Crippen LogP contribution in [-0.2, 0) is 6.54 Å². The van der Waals surface area contributed by atoms with Gasteiger partial charge in [0.25, 0.3) is 0 Å². The first-order valence-electron chi connectivity index (χ1n) is 4.34. The zero-order valence-corrected chi connectivity index (χ0v) is 7.77. The molecular weight excluding hydrogens is 199 g/mol. The predicted octanol–water partition coefficient (Wildman–Crippen LogP) is 0.158. The minimum atomic E-state index is -0.430. The maximum Gasteiger partial charge on any atom is 0.347 e. The highest BCUT2D eigenvalue weighted by Crippen LogP contribution is 2.08. The summed E-state index contributed by atoms with van der Waals surface area (Å²) < 4.78 is 14.2. The Morgan fingerprint density at radius 3 is 3.00 bits per heavy atom. The number of rotatable bonds is 2. The Bertz CT molecular complexity index is 531. The first-order chi connectivity index (χ1) is 7.22. The average Bonchev–Trinajstić information content (AvgIpc) is 2.59. The first-order valence-corrected chi connectivity index (χ1v) is 4.34. The number of nitrogens with one attached hydrogen (secondary N) is 1. The van der Waals surface area contributed by atoms with Crippen molar-refractivity contribution in [2.45, 2.75) is 6.54 Å². The third kappa shape index (κ3) is 1.66. The number of aromatic nitrogens is 3. The number of halogens is 1. The summed E-state index contributed by atoms with van der Waals surface area (Å²) in [5.41, 5.74) is 5.39. The van der Waals surface area contributed by atoms with Crippen LogP contribution in [0.2, 0.25) is 0 Å². The van der Waals surface area contributed by atoms with Crippen LogP contribution >= 0.6 is 0 Å². The molecule has 1 aromatic heterocycles. The number of nitrogens with zero attached hydrogens (tertiary/aromatic N) is 2. The summed E-state index contributed by atoms with van der Waals surface area (Å²) in [4.78, 5) is 11.4. The van der Waals surface area contributed by atoms with Gasteiger partial charge in [0.1, 0.15) is 5.82 Å². The zero-order valence-electron chi connectivity index (χ0n) is 7.77. The van der Waals surface area contributed by atoms with Gasteiger partial charge in [-0.3, -0.25) is 0 Å². The van der Waals surface area contributed by atoms with E-state index in [1.165, 1.54) is 22.8 Å². The Kier molecular flexibility index (Phi) is 2.34. The number of benzene rings is 1. The minimum Gasteiger partial charge on any atom is -0.324 e. The molecule has 0 spiro atoms. The molecule has 0 aliphatic carbocycles. The van der Waals surface area contributed by atoms with Gasteiger partial charge in [0.05, 0.1) is 12.2 Å². The second kappa shape index (κ2) is 3.66. The van der Waals surface area contributed by atoms with Crippen molar-refractivity contribution in [2.75, 3.05) is 0 Å². The van der Waals surface area contributed by atoms with Crippen LogP contribution in [0.1, 0.15) is 5.82 Å². The molecule has 0 aliphatic heterocycles. The van der Waals surface area contributed by atoms with Crippen molar-refractivity contribution in [3.63, 3.8) is 0 Å². The lowest BCUT2D eigenvalue weighted by Gasteiger charge is -2.03. The van der Waals surface area contributed by atoms with E-state index in [-0.39, 0.29) is 6.54 Å². The summed E-state index contributed by atoms with van der Waals surface area (Å²) in [6, 6.07) is 5.68. The van der Waals surface area contributed by atoms with Gasteiger partial charge in [-0.25, -0.2) is 18.9 Å². The molecule has 6 heteroatoms. The highest BCUT2D eigenvalue weighted by molar-refractivity contribution is 5.32. The molecule has 15 heavy (non-hydrogen) atoms. The number of aromatic amines is 1. The summed E-state index contributed by atoms with van der Waals surface area (Å²) in [6.45, 7) is 0.106. The molecule has 0 amide bonds. The summed E-state index contributed by atoms with van der Waals surface area (Å²) in [5.74, 6) is -0.0471. The van der Waals surface area contributed by atoms with E-state index in [0.717, 1.165) is 0 Å². The maximum absolute atomic E-state index is 12.9. The molecule has 0 unspecified atom stereocenters. The van der Waals surface area contributed by atoms with Crippen molar-refractivity contribution in [1.82, 2.24) is 14.8 Å². The zero-order chi connectivity index (χ0) is 10.8. The van der Waals surface area contributed by atoms with Gasteiger partial charge in [-0.15, -0.1) is 0 Å². The Balaban J connectivity index is 2.62. The Morgan fingerprint density at radius 1 is 1.53 bits per heavy atom. The Labute approximate surface area is 84.3 Å². The molecule has 0 saturated heterocycles. The SMILES string of the molecule is NCc1n[nH]c(=O)n1-c1cccc(F)c1. The van der Waals surface area contributed by atoms with Gasteiger partial charge in [-0.1, -0.05) is 6.07 Å². The van der Waals surface area contributed by atoms with Crippen molar-refractivity contribution >= 4 is 0 Å². The standard InChI is InChI=1S/C9H9FN4O/c10-6-2-1-3-7(4-6)14-8(5-11)12-13-9(14)15/h1-4H,5,11H2,(H,13,15). The summed E-state index contributed by atoms with van der Waals surface area (Å²) in [7, 11) is 0. The molecular formula is C9H9FN4O. The number of hydrogen-bond acceptors (Lipinski definition) is 3. The fourth-order valence-corrected chi connectivity index (χ4v) is 1.35. The maximum atomic E-state index is 12.9. The van der Waals surface area contributed by atoms with Gasteiger partial charge in [-0.2, -0.15) is 5.10 Å². The molecule has 5 nitrogen and oxygen atoms in total. The second-order valence-corrected chi connectivity index (χ2v) is 2.96. The average molecular weight is 208 g/mol. The Morgan fingerprint density at radius 2 is 2.33 bits per heavy atom. The molecule has 1 aromatic carbocycles. The van der Waals surface area contributed by atoms with Crippen molar-refractivity contribution < 1.29 is 4.39 Å². The molecule has 0 bridgehead atoms. The van der Waals surface area contributed by atoms with Crippen molar-refractivity contribution in [3.05, 3.63) is 46.4 Å². The third-order valence-corrected chi connectivity index (χ3v) is 1.99. The fraction of sp³-hybridized carbons (Fsp3) is 0.111. The number of nitrogens with two attached hydrogens (primary N) is 1. The highest BCUT2D eigenvalue weighted by atomic mass is 19.1. The lowest BCUT2D eigenvalue weighted by Crippen LogP contribution is -2.18. The van der Waals surface area contributed by atoms with Gasteiger partial charge in [-0.05, 0) is 18.2 Å². The van der Waals surface area contributed by atoms with E-state index in [9.17, 15) is 9.18 Å². The van der Waals surface area contributed by atoms with Crippen molar-refractivity contribution in [2.24, 2.45) is 5.73 Å². The second-order valence-electron chi connectivity index (χ2n) is 2.96. The van der Waals surface area contributed by atoms with E-state index in [1.807, 2.05) is 0 Å². The quantitative estimate of drug-likeness (QED) is 0.738. The first kappa shape index (κ1) is 9.60. The van der Waals surface area contributed by atoms with Crippen LogP contribution in [0, 0.1) is 5.82 Å². The highest BCUT2D eigenvalue weighted by Gasteiger charge is 2.08. The molecule has 3 N–H and O–H groups in total. The molecule has 2 aromatic rings. The largest absolute Gasteiger partial charge is 0.347 e. The van der Waals surface area contributed by atoms with Gasteiger partial charge in [0.15, 0.2) is 5.82 Å². The fourth-order valence-electron chi connectivity index (χ4n) is 1.35. The van der Waals surface area contributed by atoms with Crippen LogP contribution in [0.4, 0.5) is 4.39 Å². The monoisotopic (exact) mass is 208 g/mol. The summed E-state index contributed by atoms with van der Waals surface area (Å²) in [6.07, 6.45) is 0. The van der Waals surface area contributed by atoms with E-state index in [1.54, 1.807) is 6.07 Å². The Hall–Kier alpha value is -1.95. The molecule has 0 atom stereocenters. The number of hydrogen-bond donors (Lipinski definition) is 2. The summed E-state index contributed by atoms with van der Waals surface area (Å²) >= 11 is 0. The topological polar surface area (TPSA) is 76.7 Å². The van der Waals surface area contributed by atoms with E-state index >= 15 is 0 Å². The number of H-pyrrole nitrogens is 1. The van der Waals surface area contributed by atoms with E-state index < -0.39 is 11.5 Å². The minimum absolute atomic E-state index is 0.106. The van der Waals surface area contributed by atoms with Gasteiger partial charge in [0.2, 0.25) is 0 Å². The lowest BCUT2D eigenvalue weighted by atomic mass is 10.3. The van der Waals surface area contributed by atoms with E-state index in [0.29, 0.717) is 11.5 Å². The predicted molar refractivity (Wildman–Crippen MR) is 52.0 cm³/mol. The third-order valence-electron chi connectivity index (χ3n) is 1.99. The molecule has 78 valence electrons. The van der Waals surface area contributed by atoms with Gasteiger partial charge in [0, 0.05) is 0 Å².